The summed E-state index contributed by atoms with van der Waals surface area (Å²) in [6.45, 7) is 0.277. The van der Waals surface area contributed by atoms with Crippen molar-refractivity contribution in [3.8, 4) is 5.75 Å². The molecule has 28 N–H and O–H groups in total. The maximum atomic E-state index is 15.2. The number of guanidine groups is 1. The zero-order chi connectivity index (χ0) is 93.3. The number of hydrogen-bond acceptors (Lipinski definition) is 24. The topological polar surface area (TPSA) is 701 Å². The molecular weight excluding hydrogens is 1680 g/mol. The molecule has 3 aromatic carbocycles. The molecule has 13 amide bonds. The molecule has 5 aromatic rings. The first kappa shape index (κ1) is 104. The second-order valence-electron chi connectivity index (χ2n) is 29.5. The summed E-state index contributed by atoms with van der Waals surface area (Å²) in [6, 6.07) is 2.80. The first-order valence-electron chi connectivity index (χ1n) is 40.0. The number of carbonyl (C=O) groups is 16. The van der Waals surface area contributed by atoms with Crippen molar-refractivity contribution in [1.82, 2.24) is 89.0 Å². The number of thioether (sulfide) groups is 1. The number of unbranched alkanes of at least 4 members (excludes halogenated alkanes) is 1. The number of carboxylic acid groups (broad SMARTS) is 3. The summed E-state index contributed by atoms with van der Waals surface area (Å²) in [5, 5.41) is 97.6. The molecule has 6 rings (SSSR count). The minimum absolute atomic E-state index is 0.0139. The highest BCUT2D eigenvalue weighted by Gasteiger charge is 2.42. The van der Waals surface area contributed by atoms with Gasteiger partial charge in [0, 0.05) is 68.5 Å². The van der Waals surface area contributed by atoms with E-state index in [-0.39, 0.29) is 88.2 Å². The second kappa shape index (κ2) is 52.6. The molecule has 2 aromatic heterocycles. The Labute approximate surface area is 724 Å². The van der Waals surface area contributed by atoms with Crippen LogP contribution in [0.5, 0.6) is 5.75 Å². The van der Waals surface area contributed by atoms with Gasteiger partial charge in [-0.2, -0.15) is 24.9 Å². The zero-order valence-electron chi connectivity index (χ0n) is 69.2. The van der Waals surface area contributed by atoms with Gasteiger partial charge in [0.2, 0.25) is 76.8 Å². The Balaban J connectivity index is 0.00000385. The number of fused-ring (bicyclic) bond motifs is 1. The van der Waals surface area contributed by atoms with E-state index in [0.717, 1.165) is 0 Å². The summed E-state index contributed by atoms with van der Waals surface area (Å²) < 4.78 is 31.7. The van der Waals surface area contributed by atoms with Crippen LogP contribution in [-0.2, 0) is 102 Å². The fraction of sp³-hybridized carbons (Fsp3) is 0.494. The van der Waals surface area contributed by atoms with Crippen LogP contribution in [0, 0.1) is 11.3 Å². The molecule has 12 atom stereocenters. The fourth-order valence-corrected chi connectivity index (χ4v) is 13.3. The average Bonchev–Trinajstić information content (AvgIpc) is 1.66. The second-order valence-corrected chi connectivity index (χ2v) is 30.5. The third kappa shape index (κ3) is 35.3. The normalized spacial score (nSPS) is 15.0. The van der Waals surface area contributed by atoms with E-state index in [1.807, 2.05) is 0 Å². The highest BCUT2D eigenvalue weighted by Crippen LogP contribution is 2.24. The highest BCUT2D eigenvalue weighted by atomic mass is 32.2. The Morgan fingerprint density at radius 2 is 1.09 bits per heavy atom. The van der Waals surface area contributed by atoms with Crippen LogP contribution in [0.3, 0.4) is 0 Å². The monoisotopic (exact) mass is 1790 g/mol. The van der Waals surface area contributed by atoms with Gasteiger partial charge in [0.1, 0.15) is 84.8 Å². The van der Waals surface area contributed by atoms with Crippen LogP contribution < -0.4 is 86.3 Å². The first-order chi connectivity index (χ1) is 59.8. The number of nitrogens with two attached hydrogens (primary N) is 3. The number of aromatic amines is 2. The van der Waals surface area contributed by atoms with Crippen LogP contribution in [0.1, 0.15) is 100 Å². The number of carboxylic acids is 3. The number of imidazole rings is 1. The van der Waals surface area contributed by atoms with Gasteiger partial charge >= 0.3 is 24.1 Å². The summed E-state index contributed by atoms with van der Waals surface area (Å²) in [4.78, 5) is 229. The number of hydrogen-bond donors (Lipinski definition) is 25. The summed E-state index contributed by atoms with van der Waals surface area (Å²) >= 11 is 1.24. The van der Waals surface area contributed by atoms with Crippen LogP contribution in [-0.4, -0.2) is 288 Å². The van der Waals surface area contributed by atoms with E-state index >= 15 is 14.4 Å². The lowest BCUT2D eigenvalue weighted by Gasteiger charge is -2.30. The van der Waals surface area contributed by atoms with E-state index in [2.05, 4.69) is 84.1 Å². The summed E-state index contributed by atoms with van der Waals surface area (Å²) in [6.07, 6.45) is -0.617. The molecule has 0 spiro atoms. The third-order valence-electron chi connectivity index (χ3n) is 19.5. The Kier molecular flexibility index (Phi) is 43.2. The molecule has 3 heterocycles. The van der Waals surface area contributed by atoms with Crippen molar-refractivity contribution in [2.75, 3.05) is 57.9 Å². The van der Waals surface area contributed by atoms with E-state index < -0.39 is 231 Å². The SMILES string of the molecule is CSCC[C@H](NC(=O)[C@H](CO)NC(=O)[C@H](Cc1ccc(O)cc1)NC(=O)[C@@H](N)CO)C(=O)N[C@@H](CCC(=O)O)C(=O)N[C@@H](Cc1c[nH]cn1)C(=O)N[C@@H](Cc1ccccc1)C(=O)N[C@@H](CCCNC(=N)N)C(=O)N[C@@H](Cc1c[nH]c2ccccc12)C(=O)NCC(=O)N[C@@H](CCCCN)C(=O)N1CCC[C@H]1C(=O)N[C@H](C(=O)NCC(=O)O)C(C)C.O=C(O)C(F)(F)F. The number of nitrogens with one attached hydrogen (secondary N) is 16. The van der Waals surface area contributed by atoms with Crippen molar-refractivity contribution in [2.24, 2.45) is 23.1 Å². The van der Waals surface area contributed by atoms with E-state index in [1.54, 1.807) is 80.9 Å². The van der Waals surface area contributed by atoms with Crippen LogP contribution in [0.15, 0.2) is 97.6 Å². The van der Waals surface area contributed by atoms with Gasteiger partial charge in [0.05, 0.1) is 31.8 Å². The highest BCUT2D eigenvalue weighted by molar-refractivity contribution is 7.98. The number of para-hydroxylation sites is 1. The Morgan fingerprint density at radius 3 is 1.63 bits per heavy atom. The Bertz CT molecular complexity index is 4510. The fourth-order valence-electron chi connectivity index (χ4n) is 12.8. The molecule has 47 heteroatoms. The smallest absolute Gasteiger partial charge is 0.490 e. The van der Waals surface area contributed by atoms with Crippen LogP contribution in [0.25, 0.3) is 10.9 Å². The number of alkyl halides is 3. The van der Waals surface area contributed by atoms with E-state index in [0.29, 0.717) is 46.9 Å². The van der Waals surface area contributed by atoms with Crippen molar-refractivity contribution < 1.29 is 121 Å². The van der Waals surface area contributed by atoms with Gasteiger partial charge in [-0.1, -0.05) is 74.5 Å². The number of H-pyrrole nitrogens is 2. The molecule has 0 bridgehead atoms. The van der Waals surface area contributed by atoms with Crippen molar-refractivity contribution in [3.63, 3.8) is 0 Å². The quantitative estimate of drug-likeness (QED) is 0.00994. The van der Waals surface area contributed by atoms with Gasteiger partial charge in [0.15, 0.2) is 5.96 Å². The molecule has 0 unspecified atom stereocenters. The number of benzene rings is 3. The molecule has 0 saturated carbocycles. The number of amides is 13. The number of phenolic OH excluding ortho intramolecular Hbond substituents is 1. The predicted octanol–water partition coefficient (Wildman–Crippen LogP) is -4.37. The lowest BCUT2D eigenvalue weighted by Crippen LogP contribution is -2.61. The number of halogens is 3. The molecule has 1 aliphatic heterocycles. The molecule has 43 nitrogen and oxygen atoms in total. The van der Waals surface area contributed by atoms with Crippen LogP contribution in [0.2, 0.25) is 0 Å². The summed E-state index contributed by atoms with van der Waals surface area (Å²) in [7, 11) is 0. The minimum atomic E-state index is -5.08. The standard InChI is InChI=1S/C77H109N21O20S.C2HF3O2/c1-42(2)64(75(117)86-38-63(105)106)97-74(116)60-19-12-29-98(60)76(118)54(17-9-10-27-78)88-61(102)37-85-66(108)57(33-45-35-84-50-16-8-7-15-48(45)50)94-67(109)51(18-11-28-83-77(80)81)89-70(112)56(31-43-13-5-4-6-14-43)93-72(114)58(34-46-36-82-41-87-46)95-68(110)52(24-25-62(103)104)90-69(111)53(26-30-119-3)91-73(115)59(40-100)96-71(113)55(92-65(107)49(79)39-99)32-44-20-22-47(101)23-21-44;3-2(4,5)1(6)7/h4-8,13-16,20-23,35-36,41-42,49,51-60,64,84,99-101H,9-12,17-19,24-34,37-40,78-79H2,1-3H3,(H,82,87)(H,85,108)(H,86,117)(H,88,102)(H,89,112)(H,90,111)(H,91,115)(H,92,107)(H,93,114)(H,94,109)(H,95,110)(H,96,113)(H,97,116)(H,103,104)(H,105,106)(H4,80,81,83);(H,6,7)/t49-,51-,52-,53-,54-,55-,56-,57-,58-,59-,60-,64-;/m0./s1. The Hall–Kier alpha value is -13.0. The molecular formula is C79H110F3N21O22S. The van der Waals surface area contributed by atoms with Gasteiger partial charge in [-0.15, -0.1) is 0 Å². The number of aliphatic hydroxyl groups excluding tert-OH is 2. The molecule has 0 radical (unpaired) electrons. The lowest BCUT2D eigenvalue weighted by molar-refractivity contribution is -0.192. The number of rotatable bonds is 51. The number of aromatic nitrogens is 3. The van der Waals surface area contributed by atoms with Crippen molar-refractivity contribution in [1.29, 1.82) is 5.41 Å². The number of aliphatic carboxylic acids is 3. The number of nitrogens with zero attached hydrogens (tertiary/aromatic N) is 2. The van der Waals surface area contributed by atoms with E-state index in [9.17, 15) is 91.1 Å². The number of phenols is 1. The van der Waals surface area contributed by atoms with Gasteiger partial charge in [-0.3, -0.25) is 77.3 Å². The average molecular weight is 1790 g/mol. The maximum Gasteiger partial charge on any atom is 0.490 e. The van der Waals surface area contributed by atoms with Crippen LogP contribution in [0.4, 0.5) is 13.2 Å². The largest absolute Gasteiger partial charge is 0.508 e. The number of carbonyl (C=O) groups excluding carboxylic acids is 13. The van der Waals surface area contributed by atoms with Crippen molar-refractivity contribution >= 4 is 123 Å². The molecule has 1 fully saturated rings. The predicted molar refractivity (Wildman–Crippen MR) is 447 cm³/mol. The molecule has 690 valence electrons. The minimum Gasteiger partial charge on any atom is -0.508 e. The maximum absolute atomic E-state index is 15.2. The van der Waals surface area contributed by atoms with Crippen molar-refractivity contribution in [3.05, 3.63) is 120 Å². The molecule has 0 aliphatic carbocycles. The Morgan fingerprint density at radius 1 is 0.571 bits per heavy atom. The summed E-state index contributed by atoms with van der Waals surface area (Å²) in [5.41, 5.74) is 19.4. The third-order valence-corrected chi connectivity index (χ3v) is 20.1. The number of likely N-dealkylation sites (tertiary alicyclic amines) is 1. The number of aliphatic hydroxyl groups is 2. The van der Waals surface area contributed by atoms with E-state index in [4.69, 9.17) is 37.6 Å². The first-order valence-corrected chi connectivity index (χ1v) is 41.4. The zero-order valence-corrected chi connectivity index (χ0v) is 70.0. The molecule has 126 heavy (non-hydrogen) atoms. The molecule has 1 saturated heterocycles. The van der Waals surface area contributed by atoms with E-state index in [1.165, 1.54) is 53.5 Å². The number of aromatic hydroxyl groups is 1. The van der Waals surface area contributed by atoms with Gasteiger partial charge in [-0.05, 0) is 117 Å². The van der Waals surface area contributed by atoms with Gasteiger partial charge in [0.25, 0.3) is 0 Å². The van der Waals surface area contributed by atoms with Crippen molar-refractivity contribution in [2.45, 2.75) is 182 Å². The lowest BCUT2D eigenvalue weighted by atomic mass is 10.0. The summed E-state index contributed by atoms with van der Waals surface area (Å²) in [5.74, 6) is -18.5. The van der Waals surface area contributed by atoms with Gasteiger partial charge in [-0.25, -0.2) is 9.78 Å². The van der Waals surface area contributed by atoms with Crippen LogP contribution >= 0.6 is 11.8 Å². The molecule has 1 aliphatic rings. The van der Waals surface area contributed by atoms with Gasteiger partial charge < -0.3 is 132 Å².